The standard InChI is InChI=1S/C24H30N4O5S/c1-4-33-21(30)19-15(2)16(3)27(13-17-9-8-12-34-17)20(19)25-18(29)14-28-22(31)24(26-23(28)32)10-6-5-7-11-24/h8-9,12H,4-7,10-11,13-14H2,1-3H3,(H,25,29)(H,26,32). The Morgan fingerprint density at radius 1 is 1.21 bits per heavy atom. The fourth-order valence-electron chi connectivity index (χ4n) is 4.83. The number of thiophene rings is 1. The number of ether oxygens (including phenoxy) is 1. The Morgan fingerprint density at radius 3 is 2.59 bits per heavy atom. The van der Waals surface area contributed by atoms with Crippen LogP contribution in [0.2, 0.25) is 0 Å². The van der Waals surface area contributed by atoms with Crippen molar-refractivity contribution in [2.45, 2.75) is 65.0 Å². The fraction of sp³-hybridized carbons (Fsp3) is 0.500. The van der Waals surface area contributed by atoms with E-state index < -0.39 is 30.0 Å². The van der Waals surface area contributed by atoms with E-state index in [9.17, 15) is 19.2 Å². The van der Waals surface area contributed by atoms with Gasteiger partial charge in [0, 0.05) is 10.6 Å². The molecule has 1 spiro atoms. The number of hydrogen-bond acceptors (Lipinski definition) is 6. The smallest absolute Gasteiger partial charge is 0.342 e. The van der Waals surface area contributed by atoms with E-state index in [0.717, 1.165) is 34.7 Å². The zero-order chi connectivity index (χ0) is 24.5. The SMILES string of the molecule is CCOC(=O)c1c(C)c(C)n(Cc2cccs2)c1NC(=O)CN1C(=O)NC2(CCCCC2)C1=O. The molecule has 9 nitrogen and oxygen atoms in total. The molecule has 1 aliphatic heterocycles. The number of esters is 1. The molecular formula is C24H30N4O5S. The lowest BCUT2D eigenvalue weighted by Gasteiger charge is -2.30. The van der Waals surface area contributed by atoms with E-state index in [1.807, 2.05) is 35.9 Å². The highest BCUT2D eigenvalue weighted by Gasteiger charge is 2.51. The number of urea groups is 1. The number of carbonyl (C=O) groups excluding carboxylic acids is 4. The molecule has 0 aromatic carbocycles. The van der Waals surface area contributed by atoms with Gasteiger partial charge in [-0.2, -0.15) is 0 Å². The number of anilines is 1. The lowest BCUT2D eigenvalue weighted by Crippen LogP contribution is -2.48. The summed E-state index contributed by atoms with van der Waals surface area (Å²) in [5.41, 5.74) is 0.924. The topological polar surface area (TPSA) is 110 Å². The van der Waals surface area contributed by atoms with Crippen molar-refractivity contribution in [3.8, 4) is 0 Å². The number of hydrogen-bond donors (Lipinski definition) is 2. The molecular weight excluding hydrogens is 456 g/mol. The summed E-state index contributed by atoms with van der Waals surface area (Å²) in [4.78, 5) is 53.5. The minimum absolute atomic E-state index is 0.200. The van der Waals surface area contributed by atoms with Crippen molar-refractivity contribution in [2.24, 2.45) is 0 Å². The molecule has 1 aliphatic carbocycles. The van der Waals surface area contributed by atoms with Gasteiger partial charge in [-0.25, -0.2) is 9.59 Å². The van der Waals surface area contributed by atoms with Crippen molar-refractivity contribution in [2.75, 3.05) is 18.5 Å². The van der Waals surface area contributed by atoms with Gasteiger partial charge in [-0.3, -0.25) is 14.5 Å². The number of nitrogens with one attached hydrogen (secondary N) is 2. The molecule has 0 radical (unpaired) electrons. The molecule has 34 heavy (non-hydrogen) atoms. The molecule has 1 saturated carbocycles. The van der Waals surface area contributed by atoms with Crippen LogP contribution in [0, 0.1) is 13.8 Å². The van der Waals surface area contributed by atoms with Gasteiger partial charge < -0.3 is 19.9 Å². The van der Waals surface area contributed by atoms with Crippen molar-refractivity contribution >= 4 is 41.0 Å². The number of imide groups is 1. The van der Waals surface area contributed by atoms with Crippen LogP contribution in [0.15, 0.2) is 17.5 Å². The van der Waals surface area contributed by atoms with Crippen LogP contribution in [0.3, 0.4) is 0 Å². The van der Waals surface area contributed by atoms with Gasteiger partial charge in [0.05, 0.1) is 13.2 Å². The second kappa shape index (κ2) is 9.61. The van der Waals surface area contributed by atoms with Crippen LogP contribution in [0.1, 0.15) is 65.5 Å². The molecule has 2 N–H and O–H groups in total. The molecule has 4 rings (SSSR count). The lowest BCUT2D eigenvalue weighted by molar-refractivity contribution is -0.134. The number of nitrogens with zero attached hydrogens (tertiary/aromatic N) is 2. The Balaban J connectivity index is 1.60. The molecule has 10 heteroatoms. The Morgan fingerprint density at radius 2 is 1.94 bits per heavy atom. The van der Waals surface area contributed by atoms with Crippen molar-refractivity contribution < 1.29 is 23.9 Å². The number of aromatic nitrogens is 1. The third-order valence-electron chi connectivity index (χ3n) is 6.72. The van der Waals surface area contributed by atoms with Gasteiger partial charge in [-0.15, -0.1) is 11.3 Å². The zero-order valence-corrected chi connectivity index (χ0v) is 20.5. The number of amides is 4. The highest BCUT2D eigenvalue weighted by Crippen LogP contribution is 2.34. The summed E-state index contributed by atoms with van der Waals surface area (Å²) in [5.74, 6) is -1.11. The van der Waals surface area contributed by atoms with Crippen LogP contribution in [0.5, 0.6) is 0 Å². The molecule has 2 fully saturated rings. The molecule has 3 heterocycles. The van der Waals surface area contributed by atoms with Crippen LogP contribution >= 0.6 is 11.3 Å². The van der Waals surface area contributed by atoms with Crippen LogP contribution in [0.25, 0.3) is 0 Å². The van der Waals surface area contributed by atoms with E-state index in [4.69, 9.17) is 4.74 Å². The molecule has 1 saturated heterocycles. The maximum Gasteiger partial charge on any atom is 0.342 e. The lowest BCUT2D eigenvalue weighted by atomic mass is 9.82. The van der Waals surface area contributed by atoms with Crippen LogP contribution in [-0.2, 0) is 20.9 Å². The molecule has 4 amide bonds. The molecule has 0 bridgehead atoms. The first-order valence-electron chi connectivity index (χ1n) is 11.6. The Kier molecular flexibility index (Phi) is 6.79. The first-order chi connectivity index (χ1) is 16.3. The molecule has 0 atom stereocenters. The van der Waals surface area contributed by atoms with Gasteiger partial charge in [0.1, 0.15) is 23.5 Å². The van der Waals surface area contributed by atoms with Crippen LogP contribution < -0.4 is 10.6 Å². The van der Waals surface area contributed by atoms with Crippen molar-refractivity contribution in [1.82, 2.24) is 14.8 Å². The fourth-order valence-corrected chi connectivity index (χ4v) is 5.52. The van der Waals surface area contributed by atoms with Crippen molar-refractivity contribution in [1.29, 1.82) is 0 Å². The summed E-state index contributed by atoms with van der Waals surface area (Å²) < 4.78 is 7.11. The Labute approximate surface area is 202 Å². The van der Waals surface area contributed by atoms with E-state index in [1.165, 1.54) is 0 Å². The van der Waals surface area contributed by atoms with E-state index in [2.05, 4.69) is 10.6 Å². The summed E-state index contributed by atoms with van der Waals surface area (Å²) in [6.45, 7) is 5.66. The largest absolute Gasteiger partial charge is 0.462 e. The minimum Gasteiger partial charge on any atom is -0.462 e. The first kappa shape index (κ1) is 24.0. The minimum atomic E-state index is -0.891. The average molecular weight is 487 g/mol. The van der Waals surface area contributed by atoms with E-state index in [1.54, 1.807) is 18.3 Å². The normalized spacial score (nSPS) is 17.2. The highest BCUT2D eigenvalue weighted by atomic mass is 32.1. The Hall–Kier alpha value is -3.14. The second-order valence-corrected chi connectivity index (χ2v) is 9.86. The predicted molar refractivity (Wildman–Crippen MR) is 128 cm³/mol. The van der Waals surface area contributed by atoms with E-state index in [-0.39, 0.29) is 18.1 Å². The third kappa shape index (κ3) is 4.34. The zero-order valence-electron chi connectivity index (χ0n) is 19.7. The summed E-state index contributed by atoms with van der Waals surface area (Å²) in [6, 6.07) is 3.37. The highest BCUT2D eigenvalue weighted by molar-refractivity contribution is 7.09. The maximum absolute atomic E-state index is 13.1. The van der Waals surface area contributed by atoms with Gasteiger partial charge >= 0.3 is 12.0 Å². The monoisotopic (exact) mass is 486 g/mol. The van der Waals surface area contributed by atoms with E-state index >= 15 is 0 Å². The van der Waals surface area contributed by atoms with Gasteiger partial charge in [0.15, 0.2) is 0 Å². The maximum atomic E-state index is 13.1. The van der Waals surface area contributed by atoms with Crippen molar-refractivity contribution in [3.05, 3.63) is 39.2 Å². The summed E-state index contributed by atoms with van der Waals surface area (Å²) in [5, 5.41) is 7.59. The summed E-state index contributed by atoms with van der Waals surface area (Å²) in [6.07, 6.45) is 3.94. The number of carbonyl (C=O) groups is 4. The van der Waals surface area contributed by atoms with E-state index in [0.29, 0.717) is 30.8 Å². The van der Waals surface area contributed by atoms with Crippen LogP contribution in [-0.4, -0.2) is 52.0 Å². The third-order valence-corrected chi connectivity index (χ3v) is 7.58. The number of rotatable bonds is 7. The van der Waals surface area contributed by atoms with Gasteiger partial charge in [0.25, 0.3) is 5.91 Å². The van der Waals surface area contributed by atoms with Gasteiger partial charge in [0.2, 0.25) is 5.91 Å². The quantitative estimate of drug-likeness (QED) is 0.459. The van der Waals surface area contributed by atoms with Crippen LogP contribution in [0.4, 0.5) is 10.6 Å². The molecule has 182 valence electrons. The molecule has 0 unspecified atom stereocenters. The summed E-state index contributed by atoms with van der Waals surface area (Å²) >= 11 is 1.57. The predicted octanol–water partition coefficient (Wildman–Crippen LogP) is 3.58. The first-order valence-corrected chi connectivity index (χ1v) is 12.5. The average Bonchev–Trinajstić information content (AvgIpc) is 3.46. The second-order valence-electron chi connectivity index (χ2n) is 8.83. The van der Waals surface area contributed by atoms with Gasteiger partial charge in [-0.1, -0.05) is 25.3 Å². The molecule has 2 aromatic rings. The Bertz CT molecular complexity index is 1120. The van der Waals surface area contributed by atoms with Gasteiger partial charge in [-0.05, 0) is 50.6 Å². The molecule has 2 aromatic heterocycles. The van der Waals surface area contributed by atoms with Crippen molar-refractivity contribution in [3.63, 3.8) is 0 Å². The summed E-state index contributed by atoms with van der Waals surface area (Å²) in [7, 11) is 0. The molecule has 2 aliphatic rings.